The monoisotopic (exact) mass is 344 g/mol. The molecule has 2 rings (SSSR count). The Labute approximate surface area is 141 Å². The molecule has 122 valence electrons. The van der Waals surface area contributed by atoms with Crippen molar-refractivity contribution in [2.75, 3.05) is 19.8 Å². The summed E-state index contributed by atoms with van der Waals surface area (Å²) in [5, 5.41) is 1.01. The lowest BCUT2D eigenvalue weighted by molar-refractivity contribution is -0.135. The first-order valence-electron chi connectivity index (χ1n) is 7.59. The standard InChI is InChI=1S/C16H22Cl2N2O2/c1-2-20(10-11-3-4-13(17)14(18)9-11)16(21)15(19)12-5-7-22-8-6-12/h3-4,9,12,15H,2,5-8,10,19H2,1H3. The van der Waals surface area contributed by atoms with Crippen molar-refractivity contribution in [1.29, 1.82) is 0 Å². The van der Waals surface area contributed by atoms with Crippen molar-refractivity contribution in [3.8, 4) is 0 Å². The lowest BCUT2D eigenvalue weighted by Crippen LogP contribution is -2.48. The second-order valence-electron chi connectivity index (χ2n) is 5.58. The third kappa shape index (κ3) is 4.35. The summed E-state index contributed by atoms with van der Waals surface area (Å²) in [6.45, 7) is 4.42. The van der Waals surface area contributed by atoms with Gasteiger partial charge in [-0.25, -0.2) is 0 Å². The third-order valence-corrected chi connectivity index (χ3v) is 4.85. The molecule has 6 heteroatoms. The predicted octanol–water partition coefficient (Wildman–Crippen LogP) is 3.10. The molecule has 1 atom stereocenters. The minimum absolute atomic E-state index is 0.0135. The number of hydrogen-bond acceptors (Lipinski definition) is 3. The van der Waals surface area contributed by atoms with Crippen LogP contribution in [0.2, 0.25) is 10.0 Å². The Morgan fingerprint density at radius 2 is 2.05 bits per heavy atom. The normalized spacial score (nSPS) is 17.3. The highest BCUT2D eigenvalue weighted by atomic mass is 35.5. The Bertz CT molecular complexity index is 519. The summed E-state index contributed by atoms with van der Waals surface area (Å²) in [4.78, 5) is 14.4. The molecule has 0 bridgehead atoms. The van der Waals surface area contributed by atoms with Crippen molar-refractivity contribution in [2.45, 2.75) is 32.4 Å². The summed E-state index contributed by atoms with van der Waals surface area (Å²) < 4.78 is 5.33. The van der Waals surface area contributed by atoms with Crippen LogP contribution >= 0.6 is 23.2 Å². The van der Waals surface area contributed by atoms with Crippen LogP contribution in [0.4, 0.5) is 0 Å². The van der Waals surface area contributed by atoms with Gasteiger partial charge in [-0.15, -0.1) is 0 Å². The van der Waals surface area contributed by atoms with Gasteiger partial charge < -0.3 is 15.4 Å². The summed E-state index contributed by atoms with van der Waals surface area (Å²) in [7, 11) is 0. The van der Waals surface area contributed by atoms with E-state index in [1.54, 1.807) is 17.0 Å². The van der Waals surface area contributed by atoms with Crippen LogP contribution in [0.25, 0.3) is 0 Å². The maximum Gasteiger partial charge on any atom is 0.240 e. The van der Waals surface area contributed by atoms with Gasteiger partial charge >= 0.3 is 0 Å². The van der Waals surface area contributed by atoms with Gasteiger partial charge in [0.25, 0.3) is 0 Å². The zero-order valence-corrected chi connectivity index (χ0v) is 14.2. The molecule has 1 aliphatic rings. The van der Waals surface area contributed by atoms with Crippen LogP contribution < -0.4 is 5.73 Å². The minimum atomic E-state index is -0.466. The fourth-order valence-corrected chi connectivity index (χ4v) is 3.01. The number of amides is 1. The molecule has 0 saturated carbocycles. The van der Waals surface area contributed by atoms with Gasteiger partial charge in [0.1, 0.15) is 0 Å². The quantitative estimate of drug-likeness (QED) is 0.892. The third-order valence-electron chi connectivity index (χ3n) is 4.11. The molecule has 22 heavy (non-hydrogen) atoms. The Morgan fingerprint density at radius 1 is 1.36 bits per heavy atom. The molecule has 0 aliphatic carbocycles. The second-order valence-corrected chi connectivity index (χ2v) is 6.39. The van der Waals surface area contributed by atoms with Gasteiger partial charge in [-0.2, -0.15) is 0 Å². The van der Waals surface area contributed by atoms with Crippen molar-refractivity contribution in [1.82, 2.24) is 4.90 Å². The van der Waals surface area contributed by atoms with Gasteiger partial charge in [-0.1, -0.05) is 29.3 Å². The molecule has 1 heterocycles. The van der Waals surface area contributed by atoms with Crippen LogP contribution in [0.1, 0.15) is 25.3 Å². The molecular weight excluding hydrogens is 323 g/mol. The SMILES string of the molecule is CCN(Cc1ccc(Cl)c(Cl)c1)C(=O)C(N)C1CCOCC1. The number of carbonyl (C=O) groups is 1. The summed E-state index contributed by atoms with van der Waals surface area (Å²) in [6.07, 6.45) is 1.69. The van der Waals surface area contributed by atoms with Gasteiger partial charge in [0.05, 0.1) is 16.1 Å². The van der Waals surface area contributed by atoms with E-state index in [9.17, 15) is 4.79 Å². The van der Waals surface area contributed by atoms with E-state index in [1.807, 2.05) is 13.0 Å². The van der Waals surface area contributed by atoms with Crippen LogP contribution in [0, 0.1) is 5.92 Å². The zero-order valence-electron chi connectivity index (χ0n) is 12.7. The summed E-state index contributed by atoms with van der Waals surface area (Å²) >= 11 is 12.0. The van der Waals surface area contributed by atoms with Crippen LogP contribution in [-0.4, -0.2) is 36.6 Å². The highest BCUT2D eigenvalue weighted by Crippen LogP contribution is 2.24. The lowest BCUT2D eigenvalue weighted by atomic mass is 9.91. The molecule has 2 N–H and O–H groups in total. The van der Waals surface area contributed by atoms with E-state index in [0.717, 1.165) is 18.4 Å². The van der Waals surface area contributed by atoms with Gasteiger partial charge in [0.2, 0.25) is 5.91 Å². The second kappa shape index (κ2) is 8.16. The maximum absolute atomic E-state index is 12.6. The number of rotatable bonds is 5. The fraction of sp³-hybridized carbons (Fsp3) is 0.562. The minimum Gasteiger partial charge on any atom is -0.381 e. The molecule has 1 saturated heterocycles. The highest BCUT2D eigenvalue weighted by molar-refractivity contribution is 6.42. The van der Waals surface area contributed by atoms with E-state index in [0.29, 0.717) is 36.3 Å². The summed E-state index contributed by atoms with van der Waals surface area (Å²) in [6, 6.07) is 4.95. The van der Waals surface area contributed by atoms with E-state index in [2.05, 4.69) is 0 Å². The van der Waals surface area contributed by atoms with E-state index in [4.69, 9.17) is 33.7 Å². The van der Waals surface area contributed by atoms with Gasteiger partial charge in [0, 0.05) is 26.3 Å². The van der Waals surface area contributed by atoms with Crippen LogP contribution in [0.15, 0.2) is 18.2 Å². The van der Waals surface area contributed by atoms with Crippen molar-refractivity contribution in [3.63, 3.8) is 0 Å². The van der Waals surface area contributed by atoms with E-state index >= 15 is 0 Å². The van der Waals surface area contributed by atoms with E-state index in [-0.39, 0.29) is 11.8 Å². The zero-order chi connectivity index (χ0) is 16.1. The number of hydrogen-bond donors (Lipinski definition) is 1. The molecule has 1 unspecified atom stereocenters. The van der Waals surface area contributed by atoms with Gasteiger partial charge in [-0.05, 0) is 43.4 Å². The number of carbonyl (C=O) groups excluding carboxylic acids is 1. The largest absolute Gasteiger partial charge is 0.381 e. The molecule has 1 aromatic carbocycles. The first-order valence-corrected chi connectivity index (χ1v) is 8.34. The average Bonchev–Trinajstić information content (AvgIpc) is 2.55. The Balaban J connectivity index is 2.02. The molecule has 1 aliphatic heterocycles. The van der Waals surface area contributed by atoms with Crippen molar-refractivity contribution in [3.05, 3.63) is 33.8 Å². The van der Waals surface area contributed by atoms with Crippen molar-refractivity contribution in [2.24, 2.45) is 11.7 Å². The maximum atomic E-state index is 12.6. The Morgan fingerprint density at radius 3 is 2.64 bits per heavy atom. The fourth-order valence-electron chi connectivity index (χ4n) is 2.69. The first kappa shape index (κ1) is 17.5. The number of likely N-dealkylation sites (N-methyl/N-ethyl adjacent to an activating group) is 1. The average molecular weight is 345 g/mol. The lowest BCUT2D eigenvalue weighted by Gasteiger charge is -2.31. The summed E-state index contributed by atoms with van der Waals surface area (Å²) in [5.41, 5.74) is 7.13. The van der Waals surface area contributed by atoms with Gasteiger partial charge in [0.15, 0.2) is 0 Å². The van der Waals surface area contributed by atoms with Crippen molar-refractivity contribution < 1.29 is 9.53 Å². The van der Waals surface area contributed by atoms with Crippen LogP contribution in [0.5, 0.6) is 0 Å². The smallest absolute Gasteiger partial charge is 0.240 e. The van der Waals surface area contributed by atoms with Crippen LogP contribution in [-0.2, 0) is 16.1 Å². The predicted molar refractivity (Wildman–Crippen MR) is 89.1 cm³/mol. The number of halogens is 2. The molecule has 1 aromatic rings. The first-order chi connectivity index (χ1) is 10.5. The molecule has 4 nitrogen and oxygen atoms in total. The number of nitrogens with two attached hydrogens (primary N) is 1. The molecule has 1 amide bonds. The number of nitrogens with zero attached hydrogens (tertiary/aromatic N) is 1. The van der Waals surface area contributed by atoms with E-state index in [1.165, 1.54) is 0 Å². The van der Waals surface area contributed by atoms with Crippen LogP contribution in [0.3, 0.4) is 0 Å². The molecule has 0 aromatic heterocycles. The molecule has 0 spiro atoms. The Hall–Kier alpha value is -0.810. The molecule has 1 fully saturated rings. The van der Waals surface area contributed by atoms with Crippen molar-refractivity contribution >= 4 is 29.1 Å². The summed E-state index contributed by atoms with van der Waals surface area (Å²) in [5.74, 6) is 0.185. The Kier molecular flexibility index (Phi) is 6.50. The van der Waals surface area contributed by atoms with E-state index < -0.39 is 6.04 Å². The van der Waals surface area contributed by atoms with Gasteiger partial charge in [-0.3, -0.25) is 4.79 Å². The highest BCUT2D eigenvalue weighted by Gasteiger charge is 2.29. The number of benzene rings is 1. The molecular formula is C16H22Cl2N2O2. The number of ether oxygens (including phenoxy) is 1. The molecule has 0 radical (unpaired) electrons. The topological polar surface area (TPSA) is 55.6 Å².